The van der Waals surface area contributed by atoms with E-state index in [2.05, 4.69) is 35.9 Å². The van der Waals surface area contributed by atoms with E-state index in [0.29, 0.717) is 5.91 Å². The molecule has 0 aromatic rings. The molecular formula is C14H28ClN3O. The number of halogens is 1. The van der Waals surface area contributed by atoms with Crippen molar-refractivity contribution in [2.24, 2.45) is 5.41 Å². The van der Waals surface area contributed by atoms with Crippen LogP contribution in [0.2, 0.25) is 0 Å². The van der Waals surface area contributed by atoms with Gasteiger partial charge in [0, 0.05) is 26.2 Å². The maximum Gasteiger partial charge on any atom is 0.240 e. The number of rotatable bonds is 2. The molecule has 2 aliphatic heterocycles. The quantitative estimate of drug-likeness (QED) is 0.834. The molecule has 0 radical (unpaired) electrons. The zero-order valence-corrected chi connectivity index (χ0v) is 13.3. The summed E-state index contributed by atoms with van der Waals surface area (Å²) in [5.74, 6) is 0.315. The molecule has 1 atom stereocenters. The van der Waals surface area contributed by atoms with Crippen LogP contribution in [0.1, 0.15) is 33.6 Å². The van der Waals surface area contributed by atoms with E-state index in [9.17, 15) is 4.79 Å². The fraction of sp³-hybridized carbons (Fsp3) is 0.929. The van der Waals surface area contributed by atoms with Gasteiger partial charge >= 0.3 is 0 Å². The summed E-state index contributed by atoms with van der Waals surface area (Å²) >= 11 is 0. The van der Waals surface area contributed by atoms with Crippen LogP contribution >= 0.6 is 12.4 Å². The van der Waals surface area contributed by atoms with Gasteiger partial charge < -0.3 is 15.1 Å². The summed E-state index contributed by atoms with van der Waals surface area (Å²) in [7, 11) is 0. The molecule has 19 heavy (non-hydrogen) atoms. The van der Waals surface area contributed by atoms with E-state index in [0.717, 1.165) is 45.7 Å². The Balaban J connectivity index is 0.00000180. The average molecular weight is 290 g/mol. The number of piperazine rings is 1. The van der Waals surface area contributed by atoms with Crippen molar-refractivity contribution in [3.8, 4) is 0 Å². The summed E-state index contributed by atoms with van der Waals surface area (Å²) < 4.78 is 0. The Hall–Kier alpha value is -0.320. The number of hydrogen-bond acceptors (Lipinski definition) is 3. The van der Waals surface area contributed by atoms with Crippen LogP contribution in [0.4, 0.5) is 0 Å². The molecule has 2 aliphatic rings. The van der Waals surface area contributed by atoms with Gasteiger partial charge in [-0.15, -0.1) is 12.4 Å². The lowest BCUT2D eigenvalue weighted by atomic mass is 9.77. The molecule has 1 unspecified atom stereocenters. The van der Waals surface area contributed by atoms with Gasteiger partial charge in [-0.25, -0.2) is 0 Å². The number of piperidine rings is 1. The zero-order chi connectivity index (χ0) is 13.2. The van der Waals surface area contributed by atoms with E-state index in [1.165, 1.54) is 6.42 Å². The Morgan fingerprint density at radius 3 is 2.42 bits per heavy atom. The second-order valence-electron chi connectivity index (χ2n) is 6.24. The standard InChI is InChI=1S/C14H27N3O.ClH/c1-4-16-8-10-17(11-9-16)13(18)12-14(2,3)6-5-7-15-12;/h12,15H,4-11H2,1-3H3;1H. The van der Waals surface area contributed by atoms with Crippen LogP contribution in [0.25, 0.3) is 0 Å². The first kappa shape index (κ1) is 16.7. The van der Waals surface area contributed by atoms with Gasteiger partial charge in [0.25, 0.3) is 0 Å². The maximum absolute atomic E-state index is 12.6. The molecule has 2 saturated heterocycles. The normalized spacial score (nSPS) is 27.7. The van der Waals surface area contributed by atoms with Crippen molar-refractivity contribution in [3.63, 3.8) is 0 Å². The first-order valence-electron chi connectivity index (χ1n) is 7.29. The van der Waals surface area contributed by atoms with Crippen molar-refractivity contribution in [1.82, 2.24) is 15.1 Å². The van der Waals surface area contributed by atoms with Crippen molar-refractivity contribution < 1.29 is 4.79 Å². The molecule has 2 heterocycles. The van der Waals surface area contributed by atoms with Crippen LogP contribution in [-0.2, 0) is 4.79 Å². The van der Waals surface area contributed by atoms with Gasteiger partial charge in [0.15, 0.2) is 0 Å². The summed E-state index contributed by atoms with van der Waals surface area (Å²) in [6.45, 7) is 12.5. The highest BCUT2D eigenvalue weighted by Gasteiger charge is 2.39. The second kappa shape index (κ2) is 6.91. The van der Waals surface area contributed by atoms with Gasteiger partial charge in [0.2, 0.25) is 5.91 Å². The van der Waals surface area contributed by atoms with Crippen molar-refractivity contribution >= 4 is 18.3 Å². The molecule has 0 spiro atoms. The minimum Gasteiger partial charge on any atom is -0.339 e. The van der Waals surface area contributed by atoms with E-state index >= 15 is 0 Å². The van der Waals surface area contributed by atoms with Crippen LogP contribution < -0.4 is 5.32 Å². The van der Waals surface area contributed by atoms with Gasteiger partial charge in [-0.3, -0.25) is 4.79 Å². The highest BCUT2D eigenvalue weighted by molar-refractivity contribution is 5.85. The SMILES string of the molecule is CCN1CCN(C(=O)C2NCCCC2(C)C)CC1.Cl. The third-order valence-electron chi connectivity index (χ3n) is 4.51. The molecule has 5 heteroatoms. The van der Waals surface area contributed by atoms with Crippen molar-refractivity contribution in [3.05, 3.63) is 0 Å². The molecule has 0 bridgehead atoms. The van der Waals surface area contributed by atoms with E-state index < -0.39 is 0 Å². The monoisotopic (exact) mass is 289 g/mol. The maximum atomic E-state index is 12.6. The van der Waals surface area contributed by atoms with Crippen LogP contribution in [0.3, 0.4) is 0 Å². The minimum atomic E-state index is 0. The number of nitrogens with one attached hydrogen (secondary N) is 1. The Labute approximate surface area is 123 Å². The number of hydrogen-bond donors (Lipinski definition) is 1. The van der Waals surface area contributed by atoms with E-state index in [-0.39, 0.29) is 23.9 Å². The molecule has 1 N–H and O–H groups in total. The molecule has 0 aromatic heterocycles. The van der Waals surface area contributed by atoms with Crippen LogP contribution in [0.15, 0.2) is 0 Å². The Morgan fingerprint density at radius 2 is 1.89 bits per heavy atom. The molecular weight excluding hydrogens is 262 g/mol. The molecule has 2 rings (SSSR count). The lowest BCUT2D eigenvalue weighted by molar-refractivity contribution is -0.139. The van der Waals surface area contributed by atoms with Gasteiger partial charge in [0.05, 0.1) is 6.04 Å². The highest BCUT2D eigenvalue weighted by Crippen LogP contribution is 2.31. The second-order valence-corrected chi connectivity index (χ2v) is 6.24. The summed E-state index contributed by atoms with van der Waals surface area (Å²) in [5.41, 5.74) is 0.0945. The van der Waals surface area contributed by atoms with E-state index in [1.54, 1.807) is 0 Å². The highest BCUT2D eigenvalue weighted by atomic mass is 35.5. The zero-order valence-electron chi connectivity index (χ0n) is 12.4. The molecule has 2 fully saturated rings. The number of likely N-dealkylation sites (N-methyl/N-ethyl adjacent to an activating group) is 1. The van der Waals surface area contributed by atoms with Gasteiger partial charge in [-0.1, -0.05) is 20.8 Å². The van der Waals surface area contributed by atoms with Crippen LogP contribution in [0.5, 0.6) is 0 Å². The number of nitrogens with zero attached hydrogens (tertiary/aromatic N) is 2. The minimum absolute atomic E-state index is 0. The summed E-state index contributed by atoms with van der Waals surface area (Å²) in [5, 5.41) is 3.43. The fourth-order valence-corrected chi connectivity index (χ4v) is 3.10. The van der Waals surface area contributed by atoms with E-state index in [4.69, 9.17) is 0 Å². The van der Waals surface area contributed by atoms with Crippen LogP contribution in [-0.4, -0.2) is 61.0 Å². The molecule has 0 aliphatic carbocycles. The third kappa shape index (κ3) is 3.83. The number of amides is 1. The number of carbonyl (C=O) groups excluding carboxylic acids is 1. The first-order chi connectivity index (χ1) is 8.54. The summed E-state index contributed by atoms with van der Waals surface area (Å²) in [6.07, 6.45) is 2.33. The Kier molecular flexibility index (Phi) is 6.09. The smallest absolute Gasteiger partial charge is 0.240 e. The predicted octanol–water partition coefficient (Wildman–Crippen LogP) is 1.35. The van der Waals surface area contributed by atoms with Crippen LogP contribution in [0, 0.1) is 5.41 Å². The van der Waals surface area contributed by atoms with Gasteiger partial charge in [0.1, 0.15) is 0 Å². The molecule has 1 amide bonds. The summed E-state index contributed by atoms with van der Waals surface area (Å²) in [4.78, 5) is 17.1. The first-order valence-corrected chi connectivity index (χ1v) is 7.29. The number of carbonyl (C=O) groups is 1. The van der Waals surface area contributed by atoms with Gasteiger partial charge in [-0.2, -0.15) is 0 Å². The van der Waals surface area contributed by atoms with Crippen molar-refractivity contribution in [2.75, 3.05) is 39.3 Å². The van der Waals surface area contributed by atoms with Crippen molar-refractivity contribution in [1.29, 1.82) is 0 Å². The fourth-order valence-electron chi connectivity index (χ4n) is 3.10. The average Bonchev–Trinajstić information content (AvgIpc) is 2.37. The molecule has 0 saturated carbocycles. The largest absolute Gasteiger partial charge is 0.339 e. The van der Waals surface area contributed by atoms with Gasteiger partial charge in [-0.05, 0) is 31.3 Å². The van der Waals surface area contributed by atoms with E-state index in [1.807, 2.05) is 0 Å². The molecule has 4 nitrogen and oxygen atoms in total. The molecule has 112 valence electrons. The predicted molar refractivity (Wildman–Crippen MR) is 80.7 cm³/mol. The topological polar surface area (TPSA) is 35.6 Å². The lowest BCUT2D eigenvalue weighted by Crippen LogP contribution is -2.59. The third-order valence-corrected chi connectivity index (χ3v) is 4.51. The Morgan fingerprint density at radius 1 is 1.26 bits per heavy atom. The summed E-state index contributed by atoms with van der Waals surface area (Å²) in [6, 6.07) is 0.0134. The lowest BCUT2D eigenvalue weighted by Gasteiger charge is -2.43. The molecule has 0 aromatic carbocycles. The Bertz CT molecular complexity index is 301. The van der Waals surface area contributed by atoms with Crippen molar-refractivity contribution in [2.45, 2.75) is 39.7 Å².